The first kappa shape index (κ1) is 34.5. The van der Waals surface area contributed by atoms with Crippen molar-refractivity contribution in [1.29, 1.82) is 0 Å². The summed E-state index contributed by atoms with van der Waals surface area (Å²) in [4.78, 5) is 22.2. The third kappa shape index (κ3) is 6.64. The third-order valence-electron chi connectivity index (χ3n) is 9.70. The fourth-order valence-corrected chi connectivity index (χ4v) is 8.37. The van der Waals surface area contributed by atoms with E-state index >= 15 is 0 Å². The highest BCUT2D eigenvalue weighted by Gasteiger charge is 2.72. The predicted octanol–water partition coefficient (Wildman–Crippen LogP) is 6.94. The highest BCUT2D eigenvalue weighted by molar-refractivity contribution is 7.99. The van der Waals surface area contributed by atoms with Crippen molar-refractivity contribution in [3.63, 3.8) is 0 Å². The van der Waals surface area contributed by atoms with Gasteiger partial charge in [0.15, 0.2) is 10.2 Å². The lowest BCUT2D eigenvalue weighted by Crippen LogP contribution is -2.67. The van der Waals surface area contributed by atoms with E-state index in [9.17, 15) is 0 Å². The van der Waals surface area contributed by atoms with Crippen molar-refractivity contribution in [2.45, 2.75) is 108 Å². The monoisotopic (exact) mass is 650 g/mol. The summed E-state index contributed by atoms with van der Waals surface area (Å²) in [7, 11) is 0. The normalized spacial score (nSPS) is 32.3. The van der Waals surface area contributed by atoms with E-state index in [1.807, 2.05) is 0 Å². The number of hydrogen-bond donors (Lipinski definition) is 1. The Morgan fingerprint density at radius 1 is 0.837 bits per heavy atom. The van der Waals surface area contributed by atoms with E-state index in [0.717, 1.165) is 53.8 Å². The number of halogens is 1. The van der Waals surface area contributed by atoms with E-state index in [0.29, 0.717) is 28.2 Å². The average molecular weight is 651 g/mol. The molecule has 6 atom stereocenters. The molecule has 0 radical (unpaired) electrons. The number of thiol groups is 1. The van der Waals surface area contributed by atoms with Crippen molar-refractivity contribution in [2.75, 3.05) is 37.7 Å². The van der Waals surface area contributed by atoms with Gasteiger partial charge >= 0.3 is 0 Å². The first-order valence-corrected chi connectivity index (χ1v) is 17.4. The quantitative estimate of drug-likeness (QED) is 0.242. The van der Waals surface area contributed by atoms with E-state index in [2.05, 4.69) is 56.2 Å². The number of hydrogen-bond acceptors (Lipinski definition) is 10. The highest BCUT2D eigenvalue weighted by Crippen LogP contribution is 2.62. The van der Waals surface area contributed by atoms with Gasteiger partial charge in [0.1, 0.15) is 12.2 Å². The Kier molecular flexibility index (Phi) is 11.9. The second-order valence-electron chi connectivity index (χ2n) is 12.1. The van der Waals surface area contributed by atoms with Crippen molar-refractivity contribution in [1.82, 2.24) is 29.7 Å². The predicted molar refractivity (Wildman–Crippen MR) is 180 cm³/mol. The average Bonchev–Trinajstić information content (AvgIpc) is 3.91. The van der Waals surface area contributed by atoms with Crippen molar-refractivity contribution in [2.24, 2.45) is 11.8 Å². The number of aromatic nitrogens is 4. The maximum atomic E-state index is 6.26. The molecule has 6 aliphatic rings. The smallest absolute Gasteiger partial charge is 0.252 e. The van der Waals surface area contributed by atoms with E-state index < -0.39 is 0 Å². The van der Waals surface area contributed by atoms with Crippen LogP contribution < -0.4 is 9.47 Å². The summed E-state index contributed by atoms with van der Waals surface area (Å²) in [6, 6.07) is 0. The van der Waals surface area contributed by atoms with Crippen molar-refractivity contribution in [3.8, 4) is 11.8 Å². The number of thioether (sulfide) groups is 1. The van der Waals surface area contributed by atoms with Gasteiger partial charge in [-0.25, -0.2) is 19.9 Å². The Labute approximate surface area is 273 Å². The minimum Gasteiger partial charge on any atom is -0.469 e. The zero-order valence-corrected chi connectivity index (χ0v) is 26.7. The standard InChI is InChI=1S/C15H21N3OS.C12H14ClN3O.C3H8S.2CH4/c1-2-8-20-14-13(16-5-6-17-14)19-12-10-18-7-3-4-11-9-15(11,12)18;13-10-11(15-4-3-14-10)17-9-7-16-5-1-2-8-6-12(8,9)16;1-2-3-4;;/h5-6,11-12H,2-4,7-10H2,1H3;3-4,8-9H,1-2,5-7H2;4H,2-3H2,1H3;2*1H4/t11?,12-,15?;8?,9-,12?;;;/m11.../s1. The van der Waals surface area contributed by atoms with Gasteiger partial charge in [-0.1, -0.05) is 40.3 Å². The Balaban J connectivity index is 0.000000170. The van der Waals surface area contributed by atoms with Gasteiger partial charge in [-0.05, 0) is 87.8 Å². The molecule has 11 heteroatoms. The second kappa shape index (κ2) is 14.8. The molecule has 0 N–H and O–H groups in total. The maximum absolute atomic E-state index is 6.26. The molecule has 8 rings (SSSR count). The molecule has 2 saturated carbocycles. The minimum atomic E-state index is 0. The molecule has 0 aromatic carbocycles. The molecule has 6 fully saturated rings. The van der Waals surface area contributed by atoms with Gasteiger partial charge < -0.3 is 9.47 Å². The Morgan fingerprint density at radius 2 is 1.35 bits per heavy atom. The molecule has 4 unspecified atom stereocenters. The summed E-state index contributed by atoms with van der Waals surface area (Å²) in [6.45, 7) is 8.86. The molecule has 0 bridgehead atoms. The van der Waals surface area contributed by atoms with E-state index in [4.69, 9.17) is 21.1 Å². The van der Waals surface area contributed by atoms with Crippen LogP contribution in [-0.2, 0) is 0 Å². The number of piperidine rings is 2. The van der Waals surface area contributed by atoms with E-state index in [1.165, 1.54) is 58.0 Å². The molecular formula is C32H51ClN6O2S2. The van der Waals surface area contributed by atoms with Crippen molar-refractivity contribution >= 4 is 36.0 Å². The molecule has 2 spiro atoms. The first-order valence-electron chi connectivity index (χ1n) is 15.4. The SMILES string of the molecule is C.C.CCCS.CCCSc1nccnc1O[C@@H]1CN2CCCC3CC312.Clc1nccnc1O[C@@H]1CN2CCCC3CC312. The van der Waals surface area contributed by atoms with Gasteiger partial charge in [0, 0.05) is 37.9 Å². The Bertz CT molecular complexity index is 1200. The van der Waals surface area contributed by atoms with E-state index in [-0.39, 0.29) is 21.0 Å². The lowest BCUT2D eigenvalue weighted by atomic mass is 9.88. The highest BCUT2D eigenvalue weighted by atomic mass is 35.5. The number of nitrogens with zero attached hydrogens (tertiary/aromatic N) is 6. The largest absolute Gasteiger partial charge is 0.469 e. The van der Waals surface area contributed by atoms with Crippen LogP contribution in [0.25, 0.3) is 0 Å². The Hall–Kier alpha value is -1.33. The van der Waals surface area contributed by atoms with Crippen LogP contribution in [0.5, 0.6) is 11.8 Å². The third-order valence-corrected chi connectivity index (χ3v) is 11.6. The van der Waals surface area contributed by atoms with Crippen LogP contribution in [0.15, 0.2) is 29.8 Å². The fourth-order valence-electron chi connectivity index (χ4n) is 7.46. The number of rotatable bonds is 8. The van der Waals surface area contributed by atoms with Gasteiger partial charge in [0.25, 0.3) is 5.88 Å². The van der Waals surface area contributed by atoms with Crippen molar-refractivity contribution in [3.05, 3.63) is 29.9 Å². The molecule has 2 aliphatic carbocycles. The molecule has 43 heavy (non-hydrogen) atoms. The van der Waals surface area contributed by atoms with Gasteiger partial charge in [-0.2, -0.15) is 12.6 Å². The van der Waals surface area contributed by atoms with Gasteiger partial charge in [0.05, 0.1) is 11.1 Å². The van der Waals surface area contributed by atoms with Gasteiger partial charge in [0.2, 0.25) is 5.88 Å². The molecule has 240 valence electrons. The van der Waals surface area contributed by atoms with Gasteiger partial charge in [-0.3, -0.25) is 9.80 Å². The van der Waals surface area contributed by atoms with Gasteiger partial charge in [-0.15, -0.1) is 11.8 Å². The topological polar surface area (TPSA) is 76.5 Å². The van der Waals surface area contributed by atoms with Crippen LogP contribution in [0.3, 0.4) is 0 Å². The molecule has 6 heterocycles. The molecule has 0 amide bonds. The van der Waals surface area contributed by atoms with Crippen LogP contribution >= 0.6 is 36.0 Å². The lowest BCUT2D eigenvalue weighted by Gasteiger charge is -2.51. The summed E-state index contributed by atoms with van der Waals surface area (Å²) in [5.74, 6) is 5.04. The minimum absolute atomic E-state index is 0. The molecule has 4 aliphatic heterocycles. The summed E-state index contributed by atoms with van der Waals surface area (Å²) < 4.78 is 12.2. The summed E-state index contributed by atoms with van der Waals surface area (Å²) in [5, 5.41) is 1.33. The zero-order chi connectivity index (χ0) is 28.5. The molecule has 4 saturated heterocycles. The lowest BCUT2D eigenvalue weighted by molar-refractivity contribution is -0.0878. The summed E-state index contributed by atoms with van der Waals surface area (Å²) >= 11 is 11.6. The fraction of sp³-hybridized carbons (Fsp3) is 0.750. The van der Waals surface area contributed by atoms with Crippen LogP contribution in [0.2, 0.25) is 5.15 Å². The second-order valence-corrected chi connectivity index (χ2v) is 14.0. The molecule has 2 aromatic rings. The maximum Gasteiger partial charge on any atom is 0.252 e. The zero-order valence-electron chi connectivity index (χ0n) is 24.3. The summed E-state index contributed by atoms with van der Waals surface area (Å²) in [6.07, 6.45) is 17.7. The molecule has 2 aromatic heterocycles. The van der Waals surface area contributed by atoms with Crippen LogP contribution in [0, 0.1) is 11.8 Å². The molecular weight excluding hydrogens is 600 g/mol. The van der Waals surface area contributed by atoms with Crippen LogP contribution in [0.4, 0.5) is 0 Å². The summed E-state index contributed by atoms with van der Waals surface area (Å²) in [5.41, 5.74) is 0.710. The molecule has 8 nitrogen and oxygen atoms in total. The van der Waals surface area contributed by atoms with Crippen molar-refractivity contribution < 1.29 is 9.47 Å². The number of ether oxygens (including phenoxy) is 2. The van der Waals surface area contributed by atoms with Crippen LogP contribution in [-0.4, -0.2) is 90.7 Å². The first-order chi connectivity index (χ1) is 20.1. The Morgan fingerprint density at radius 3 is 1.86 bits per heavy atom. The van der Waals surface area contributed by atoms with E-state index in [1.54, 1.807) is 36.5 Å². The van der Waals surface area contributed by atoms with Crippen LogP contribution in [0.1, 0.15) is 80.1 Å².